The second-order valence-corrected chi connectivity index (χ2v) is 6.81. The quantitative estimate of drug-likeness (QED) is 0.508. The first-order chi connectivity index (χ1) is 14.1. The van der Waals surface area contributed by atoms with Gasteiger partial charge in [-0.25, -0.2) is 19.3 Å². The van der Waals surface area contributed by atoms with Gasteiger partial charge in [0.2, 0.25) is 0 Å². The molecule has 0 saturated heterocycles. The van der Waals surface area contributed by atoms with Crippen LogP contribution in [0.15, 0.2) is 73.8 Å². The zero-order valence-corrected chi connectivity index (χ0v) is 16.3. The maximum absolute atomic E-state index is 12.9. The van der Waals surface area contributed by atoms with Gasteiger partial charge >= 0.3 is 0 Å². The predicted octanol–water partition coefficient (Wildman–Crippen LogP) is 2.74. The highest BCUT2D eigenvalue weighted by Gasteiger charge is 2.19. The molecular weight excluding hydrogens is 366 g/mol. The van der Waals surface area contributed by atoms with Crippen LogP contribution in [-0.4, -0.2) is 47.4 Å². The summed E-state index contributed by atoms with van der Waals surface area (Å²) in [6.07, 6.45) is 6.33. The van der Waals surface area contributed by atoms with Gasteiger partial charge in [0.15, 0.2) is 0 Å². The van der Waals surface area contributed by atoms with Crippen molar-refractivity contribution in [1.82, 2.24) is 34.4 Å². The molecule has 1 amide bonds. The van der Waals surface area contributed by atoms with Crippen molar-refractivity contribution in [2.24, 2.45) is 0 Å². The molecule has 146 valence electrons. The van der Waals surface area contributed by atoms with Crippen LogP contribution < -0.4 is 0 Å². The second-order valence-electron chi connectivity index (χ2n) is 6.81. The van der Waals surface area contributed by atoms with Gasteiger partial charge in [0.1, 0.15) is 25.3 Å². The molecule has 2 aromatic carbocycles. The minimum absolute atomic E-state index is 0.0230. The molecule has 0 bridgehead atoms. The van der Waals surface area contributed by atoms with E-state index in [1.54, 1.807) is 26.9 Å². The number of aromatic nitrogens is 6. The average Bonchev–Trinajstić information content (AvgIpc) is 3.47. The summed E-state index contributed by atoms with van der Waals surface area (Å²) in [5.74, 6) is -0.0230. The molecule has 4 aromatic rings. The topological polar surface area (TPSA) is 81.7 Å². The standard InChI is InChI=1S/C21H21N7O/c1-16(18-7-9-20(10-8-18)28-15-23-13-25-28)26(2)21(29)19-5-3-17(4-6-19)11-27-14-22-12-24-27/h3-10,12-16H,11H2,1-2H3. The number of nitrogens with zero attached hydrogens (tertiary/aromatic N) is 7. The molecule has 0 aliphatic carbocycles. The molecule has 4 rings (SSSR count). The van der Waals surface area contributed by atoms with Gasteiger partial charge in [-0.3, -0.25) is 4.79 Å². The van der Waals surface area contributed by atoms with Crippen molar-refractivity contribution in [1.29, 1.82) is 0 Å². The molecule has 0 N–H and O–H groups in total. The van der Waals surface area contributed by atoms with Crippen molar-refractivity contribution in [2.75, 3.05) is 7.05 Å². The highest BCUT2D eigenvalue weighted by atomic mass is 16.2. The van der Waals surface area contributed by atoms with E-state index in [-0.39, 0.29) is 11.9 Å². The first kappa shape index (κ1) is 18.5. The van der Waals surface area contributed by atoms with E-state index in [0.717, 1.165) is 16.8 Å². The molecule has 29 heavy (non-hydrogen) atoms. The summed E-state index contributed by atoms with van der Waals surface area (Å²) < 4.78 is 3.44. The summed E-state index contributed by atoms with van der Waals surface area (Å²) in [6.45, 7) is 2.64. The Hall–Kier alpha value is -3.81. The van der Waals surface area contributed by atoms with E-state index in [4.69, 9.17) is 0 Å². The van der Waals surface area contributed by atoms with Crippen LogP contribution in [0.25, 0.3) is 5.69 Å². The van der Waals surface area contributed by atoms with E-state index < -0.39 is 0 Å². The largest absolute Gasteiger partial charge is 0.335 e. The Morgan fingerprint density at radius 2 is 1.66 bits per heavy atom. The molecule has 2 heterocycles. The Kier molecular flexibility index (Phi) is 5.15. The lowest BCUT2D eigenvalue weighted by Gasteiger charge is -2.25. The Bertz CT molecular complexity index is 1060. The molecule has 0 fully saturated rings. The Balaban J connectivity index is 1.44. The van der Waals surface area contributed by atoms with Crippen LogP contribution in [-0.2, 0) is 6.54 Å². The molecule has 8 heteroatoms. The third-order valence-electron chi connectivity index (χ3n) is 4.97. The highest BCUT2D eigenvalue weighted by molar-refractivity contribution is 5.94. The van der Waals surface area contributed by atoms with E-state index in [0.29, 0.717) is 12.1 Å². The fourth-order valence-electron chi connectivity index (χ4n) is 3.10. The van der Waals surface area contributed by atoms with Gasteiger partial charge in [-0.05, 0) is 42.3 Å². The molecule has 1 atom stereocenters. The molecule has 0 spiro atoms. The van der Waals surface area contributed by atoms with E-state index in [1.165, 1.54) is 12.7 Å². The maximum atomic E-state index is 12.9. The number of hydrogen-bond acceptors (Lipinski definition) is 5. The Labute approximate surface area is 168 Å². The van der Waals surface area contributed by atoms with Crippen LogP contribution in [0.1, 0.15) is 34.5 Å². The van der Waals surface area contributed by atoms with Crippen LogP contribution in [0.5, 0.6) is 0 Å². The fraction of sp³-hybridized carbons (Fsp3) is 0.190. The lowest BCUT2D eigenvalue weighted by Crippen LogP contribution is -2.29. The fourth-order valence-corrected chi connectivity index (χ4v) is 3.10. The zero-order chi connectivity index (χ0) is 20.2. The van der Waals surface area contributed by atoms with Crippen LogP contribution >= 0.6 is 0 Å². The van der Waals surface area contributed by atoms with Crippen molar-refractivity contribution >= 4 is 5.91 Å². The molecule has 0 saturated carbocycles. The van der Waals surface area contributed by atoms with Crippen molar-refractivity contribution in [2.45, 2.75) is 19.5 Å². The van der Waals surface area contributed by atoms with Crippen molar-refractivity contribution in [3.63, 3.8) is 0 Å². The molecule has 0 radical (unpaired) electrons. The molecule has 0 aliphatic heterocycles. The van der Waals surface area contributed by atoms with Gasteiger partial charge in [-0.1, -0.05) is 24.3 Å². The molecule has 2 aromatic heterocycles. The van der Waals surface area contributed by atoms with Gasteiger partial charge in [-0.2, -0.15) is 10.2 Å². The smallest absolute Gasteiger partial charge is 0.254 e. The molecule has 1 unspecified atom stereocenters. The van der Waals surface area contributed by atoms with Gasteiger partial charge < -0.3 is 4.90 Å². The highest BCUT2D eigenvalue weighted by Crippen LogP contribution is 2.22. The van der Waals surface area contributed by atoms with E-state index in [1.807, 2.05) is 62.5 Å². The predicted molar refractivity (Wildman–Crippen MR) is 107 cm³/mol. The van der Waals surface area contributed by atoms with Crippen molar-refractivity contribution < 1.29 is 4.79 Å². The van der Waals surface area contributed by atoms with Crippen LogP contribution in [0.2, 0.25) is 0 Å². The van der Waals surface area contributed by atoms with Gasteiger partial charge in [0.25, 0.3) is 5.91 Å². The summed E-state index contributed by atoms with van der Waals surface area (Å²) in [7, 11) is 1.82. The normalized spacial score (nSPS) is 11.9. The van der Waals surface area contributed by atoms with E-state index in [9.17, 15) is 4.79 Å². The number of hydrogen-bond donors (Lipinski definition) is 0. The Morgan fingerprint density at radius 1 is 0.966 bits per heavy atom. The van der Waals surface area contributed by atoms with Gasteiger partial charge in [0.05, 0.1) is 18.3 Å². The first-order valence-corrected chi connectivity index (χ1v) is 9.25. The van der Waals surface area contributed by atoms with Crippen LogP contribution in [0.4, 0.5) is 0 Å². The monoisotopic (exact) mass is 387 g/mol. The minimum Gasteiger partial charge on any atom is -0.335 e. The van der Waals surface area contributed by atoms with E-state index in [2.05, 4.69) is 20.2 Å². The molecule has 8 nitrogen and oxygen atoms in total. The zero-order valence-electron chi connectivity index (χ0n) is 16.3. The number of benzene rings is 2. The van der Waals surface area contributed by atoms with E-state index >= 15 is 0 Å². The summed E-state index contributed by atoms with van der Waals surface area (Å²) in [5, 5.41) is 8.22. The number of carbonyl (C=O) groups is 1. The number of rotatable bonds is 6. The number of amides is 1. The summed E-state index contributed by atoms with van der Waals surface area (Å²) in [5.41, 5.74) is 3.69. The first-order valence-electron chi connectivity index (χ1n) is 9.25. The minimum atomic E-state index is -0.0675. The summed E-state index contributed by atoms with van der Waals surface area (Å²) in [4.78, 5) is 22.6. The van der Waals surface area contributed by atoms with Crippen molar-refractivity contribution in [3.8, 4) is 5.69 Å². The lowest BCUT2D eigenvalue weighted by molar-refractivity contribution is 0.0742. The van der Waals surface area contributed by atoms with Gasteiger partial charge in [0, 0.05) is 12.6 Å². The average molecular weight is 387 g/mol. The van der Waals surface area contributed by atoms with Gasteiger partial charge in [-0.15, -0.1) is 0 Å². The van der Waals surface area contributed by atoms with Crippen LogP contribution in [0.3, 0.4) is 0 Å². The summed E-state index contributed by atoms with van der Waals surface area (Å²) in [6, 6.07) is 15.5. The van der Waals surface area contributed by atoms with Crippen LogP contribution in [0, 0.1) is 0 Å². The molecular formula is C21H21N7O. The maximum Gasteiger partial charge on any atom is 0.254 e. The SMILES string of the molecule is CC(c1ccc(-n2cncn2)cc1)N(C)C(=O)c1ccc(Cn2cncn2)cc1. The lowest BCUT2D eigenvalue weighted by atomic mass is 10.0. The Morgan fingerprint density at radius 3 is 2.28 bits per heavy atom. The summed E-state index contributed by atoms with van der Waals surface area (Å²) >= 11 is 0. The number of carbonyl (C=O) groups excluding carboxylic acids is 1. The third kappa shape index (κ3) is 4.06. The van der Waals surface area contributed by atoms with Crippen molar-refractivity contribution in [3.05, 3.63) is 90.5 Å². The third-order valence-corrected chi connectivity index (χ3v) is 4.97. The molecule has 0 aliphatic rings. The second kappa shape index (κ2) is 8.05.